The lowest BCUT2D eigenvalue weighted by atomic mass is 10.0. The van der Waals surface area contributed by atoms with E-state index in [2.05, 4.69) is 4.90 Å². The van der Waals surface area contributed by atoms with Crippen molar-refractivity contribution in [2.75, 3.05) is 45.6 Å². The van der Waals surface area contributed by atoms with Gasteiger partial charge in [-0.05, 0) is 30.5 Å². The second-order valence-electron chi connectivity index (χ2n) is 8.87. The van der Waals surface area contributed by atoms with E-state index in [1.807, 2.05) is 12.1 Å². The number of sulfonamides is 1. The summed E-state index contributed by atoms with van der Waals surface area (Å²) in [5.41, 5.74) is 0.993. The Balaban J connectivity index is 1.43. The summed E-state index contributed by atoms with van der Waals surface area (Å²) in [5, 5.41) is -0.288. The van der Waals surface area contributed by atoms with Gasteiger partial charge in [-0.1, -0.05) is 31.4 Å². The molecule has 0 radical (unpaired) electrons. The fraction of sp³-hybridized carbons (Fsp3) is 0.714. The lowest BCUT2D eigenvalue weighted by molar-refractivity contribution is -0.285. The molecule has 0 bridgehead atoms. The molecule has 0 aromatic heterocycles. The average Bonchev–Trinajstić information content (AvgIpc) is 2.74. The van der Waals surface area contributed by atoms with Gasteiger partial charge >= 0.3 is 0 Å². The van der Waals surface area contributed by atoms with Crippen LogP contribution in [0.2, 0.25) is 0 Å². The van der Waals surface area contributed by atoms with Crippen molar-refractivity contribution in [1.82, 2.24) is 9.21 Å². The normalized spacial score (nSPS) is 27.5. The van der Waals surface area contributed by atoms with Gasteiger partial charge in [-0.25, -0.2) is 16.8 Å². The molecular formula is C21H32N2O6S2. The highest BCUT2D eigenvalue weighted by molar-refractivity contribution is 7.90. The minimum absolute atomic E-state index is 0.218. The molecule has 2 aliphatic heterocycles. The first kappa shape index (κ1) is 23.1. The summed E-state index contributed by atoms with van der Waals surface area (Å²) in [6.07, 6.45) is 5.74. The van der Waals surface area contributed by atoms with Crippen LogP contribution in [0.1, 0.15) is 37.7 Å². The highest BCUT2D eigenvalue weighted by atomic mass is 32.2. The number of ether oxygens (including phenoxy) is 2. The number of sulfone groups is 1. The summed E-state index contributed by atoms with van der Waals surface area (Å²) in [6.45, 7) is 3.16. The van der Waals surface area contributed by atoms with E-state index >= 15 is 0 Å². The third-order valence-electron chi connectivity index (χ3n) is 6.45. The molecule has 1 atom stereocenters. The van der Waals surface area contributed by atoms with Crippen LogP contribution in [0.4, 0.5) is 0 Å². The highest BCUT2D eigenvalue weighted by Gasteiger charge is 2.46. The molecule has 0 N–H and O–H groups in total. The molecule has 1 aromatic carbocycles. The summed E-state index contributed by atoms with van der Waals surface area (Å²) >= 11 is 0. The zero-order valence-electron chi connectivity index (χ0n) is 18.0. The minimum atomic E-state index is -3.36. The van der Waals surface area contributed by atoms with E-state index in [1.54, 1.807) is 16.4 Å². The van der Waals surface area contributed by atoms with E-state index in [9.17, 15) is 16.8 Å². The van der Waals surface area contributed by atoms with Gasteiger partial charge in [-0.15, -0.1) is 0 Å². The van der Waals surface area contributed by atoms with Crippen molar-refractivity contribution in [3.63, 3.8) is 0 Å². The largest absolute Gasteiger partial charge is 0.346 e. The molecule has 1 spiro atoms. The van der Waals surface area contributed by atoms with Crippen molar-refractivity contribution in [1.29, 1.82) is 0 Å². The Bertz CT molecular complexity index is 970. The maximum absolute atomic E-state index is 13.2. The summed E-state index contributed by atoms with van der Waals surface area (Å²) < 4.78 is 63.3. The highest BCUT2D eigenvalue weighted by Crippen LogP contribution is 2.31. The summed E-state index contributed by atoms with van der Waals surface area (Å²) in [4.78, 5) is 2.48. The van der Waals surface area contributed by atoms with E-state index in [0.717, 1.165) is 37.7 Å². The molecule has 10 heteroatoms. The first-order valence-electron chi connectivity index (χ1n) is 11.0. The van der Waals surface area contributed by atoms with Gasteiger partial charge in [0.05, 0.1) is 36.4 Å². The molecular weight excluding hydrogens is 440 g/mol. The molecule has 31 heavy (non-hydrogen) atoms. The van der Waals surface area contributed by atoms with Crippen LogP contribution in [-0.4, -0.2) is 82.7 Å². The van der Waals surface area contributed by atoms with E-state index in [0.29, 0.717) is 44.3 Å². The Morgan fingerprint density at radius 1 is 0.935 bits per heavy atom. The third kappa shape index (κ3) is 5.31. The van der Waals surface area contributed by atoms with Gasteiger partial charge in [-0.3, -0.25) is 4.90 Å². The van der Waals surface area contributed by atoms with Crippen LogP contribution in [0.15, 0.2) is 29.2 Å². The predicted molar refractivity (Wildman–Crippen MR) is 117 cm³/mol. The van der Waals surface area contributed by atoms with Crippen molar-refractivity contribution >= 4 is 19.9 Å². The van der Waals surface area contributed by atoms with Crippen LogP contribution in [0.5, 0.6) is 0 Å². The van der Waals surface area contributed by atoms with Crippen molar-refractivity contribution in [2.24, 2.45) is 0 Å². The predicted octanol–water partition coefficient (Wildman–Crippen LogP) is 1.61. The van der Waals surface area contributed by atoms with Crippen LogP contribution in [0.3, 0.4) is 0 Å². The Morgan fingerprint density at radius 3 is 2.23 bits per heavy atom. The van der Waals surface area contributed by atoms with E-state index < -0.39 is 25.6 Å². The van der Waals surface area contributed by atoms with Gasteiger partial charge in [0.1, 0.15) is 0 Å². The smallest absolute Gasteiger partial charge is 0.217 e. The van der Waals surface area contributed by atoms with Gasteiger partial charge in [0, 0.05) is 25.9 Å². The molecule has 1 saturated carbocycles. The van der Waals surface area contributed by atoms with E-state index in [-0.39, 0.29) is 11.8 Å². The second kappa shape index (κ2) is 9.07. The third-order valence-corrected chi connectivity index (χ3v) is 9.93. The number of morpholine rings is 2. The Labute approximate surface area is 185 Å². The molecule has 3 fully saturated rings. The monoisotopic (exact) mass is 472 g/mol. The summed E-state index contributed by atoms with van der Waals surface area (Å²) in [5.74, 6) is -0.953. The van der Waals surface area contributed by atoms with Crippen LogP contribution in [0, 0.1) is 0 Å². The molecule has 174 valence electrons. The fourth-order valence-electron chi connectivity index (χ4n) is 4.76. The van der Waals surface area contributed by atoms with Crippen molar-refractivity contribution < 1.29 is 26.3 Å². The van der Waals surface area contributed by atoms with E-state index in [1.165, 1.54) is 6.26 Å². The lowest BCUT2D eigenvalue weighted by Gasteiger charge is -2.47. The molecule has 2 heterocycles. The topological polar surface area (TPSA) is 93.2 Å². The number of nitrogens with zero attached hydrogens (tertiary/aromatic N) is 2. The first-order valence-corrected chi connectivity index (χ1v) is 14.4. The van der Waals surface area contributed by atoms with Crippen molar-refractivity contribution in [3.8, 4) is 0 Å². The van der Waals surface area contributed by atoms with Crippen LogP contribution < -0.4 is 0 Å². The second-order valence-corrected chi connectivity index (χ2v) is 13.1. The molecule has 4 rings (SSSR count). The minimum Gasteiger partial charge on any atom is -0.346 e. The van der Waals surface area contributed by atoms with Gasteiger partial charge in [0.15, 0.2) is 15.6 Å². The van der Waals surface area contributed by atoms with Gasteiger partial charge < -0.3 is 9.47 Å². The lowest BCUT2D eigenvalue weighted by Crippen LogP contribution is -2.63. The number of benzene rings is 1. The van der Waals surface area contributed by atoms with Crippen molar-refractivity contribution in [3.05, 3.63) is 29.8 Å². The Hall–Kier alpha value is -1.04. The van der Waals surface area contributed by atoms with Gasteiger partial charge in [-0.2, -0.15) is 4.31 Å². The maximum atomic E-state index is 13.2. The molecule has 3 aliphatic rings. The molecule has 1 aliphatic carbocycles. The Kier molecular flexibility index (Phi) is 6.77. The van der Waals surface area contributed by atoms with Crippen molar-refractivity contribution in [2.45, 2.75) is 54.6 Å². The Morgan fingerprint density at radius 2 is 1.58 bits per heavy atom. The molecule has 2 saturated heterocycles. The number of hydrogen-bond donors (Lipinski definition) is 0. The standard InChI is InChI=1S/C21H32N2O6S2/c1-30(24,25)19-9-7-18(8-10-19)15-22-11-13-28-21(16-22)17-23(12-14-29-21)31(26,27)20-5-3-2-4-6-20/h7-10,20H,2-6,11-17H2,1H3. The number of rotatable bonds is 5. The molecule has 1 unspecified atom stereocenters. The summed E-state index contributed by atoms with van der Waals surface area (Å²) in [7, 11) is -6.58. The van der Waals surface area contributed by atoms with E-state index in [4.69, 9.17) is 9.47 Å². The van der Waals surface area contributed by atoms with Gasteiger partial charge in [0.25, 0.3) is 0 Å². The maximum Gasteiger partial charge on any atom is 0.217 e. The average molecular weight is 473 g/mol. The molecule has 0 amide bonds. The zero-order chi connectivity index (χ0) is 22.1. The fourth-order valence-corrected chi connectivity index (χ4v) is 7.45. The number of hydrogen-bond acceptors (Lipinski definition) is 7. The first-order chi connectivity index (χ1) is 14.7. The molecule has 8 nitrogen and oxygen atoms in total. The van der Waals surface area contributed by atoms with Gasteiger partial charge in [0.2, 0.25) is 10.0 Å². The summed E-state index contributed by atoms with van der Waals surface area (Å²) in [6, 6.07) is 6.88. The zero-order valence-corrected chi connectivity index (χ0v) is 19.7. The van der Waals surface area contributed by atoms with Crippen LogP contribution >= 0.6 is 0 Å². The van der Waals surface area contributed by atoms with Crippen LogP contribution in [0.25, 0.3) is 0 Å². The quantitative estimate of drug-likeness (QED) is 0.643. The SMILES string of the molecule is CS(=O)(=O)c1ccc(CN2CCOC3(C2)CN(S(=O)(=O)C2CCCCC2)CCO3)cc1. The van der Waals surface area contributed by atoms with Crippen LogP contribution in [-0.2, 0) is 35.9 Å². The molecule has 1 aromatic rings.